The zero-order chi connectivity index (χ0) is 11.8. The highest BCUT2D eigenvalue weighted by molar-refractivity contribution is 6.05. The standard InChI is InChI=1S/C12H8N2O3/c15-12(16)9-6-7-3-5-14-17-11(7)8-2-1-4-13-10(8)9/h1-6,14H,(H,15,16). The van der Waals surface area contributed by atoms with E-state index in [0.29, 0.717) is 16.7 Å². The number of pyridine rings is 1. The predicted octanol–water partition coefficient (Wildman–Crippen LogP) is 1.80. The summed E-state index contributed by atoms with van der Waals surface area (Å²) in [6, 6.07) is 5.09. The summed E-state index contributed by atoms with van der Waals surface area (Å²) in [5, 5.41) is 9.84. The van der Waals surface area contributed by atoms with E-state index in [2.05, 4.69) is 10.5 Å². The first-order chi connectivity index (χ1) is 8.27. The van der Waals surface area contributed by atoms with Gasteiger partial charge in [0.1, 0.15) is 0 Å². The van der Waals surface area contributed by atoms with E-state index in [-0.39, 0.29) is 5.56 Å². The van der Waals surface area contributed by atoms with Crippen LogP contribution in [0, 0.1) is 0 Å². The highest BCUT2D eigenvalue weighted by atomic mass is 16.6. The highest BCUT2D eigenvalue weighted by Crippen LogP contribution is 2.33. The van der Waals surface area contributed by atoms with E-state index in [1.54, 1.807) is 36.7 Å². The quantitative estimate of drug-likeness (QED) is 0.778. The Bertz CT molecular complexity index is 649. The lowest BCUT2D eigenvalue weighted by Gasteiger charge is -2.15. The van der Waals surface area contributed by atoms with Crippen LogP contribution in [0.3, 0.4) is 0 Å². The molecule has 0 spiro atoms. The first kappa shape index (κ1) is 9.65. The number of nitrogens with one attached hydrogen (secondary N) is 1. The van der Waals surface area contributed by atoms with E-state index in [1.165, 1.54) is 0 Å². The number of rotatable bonds is 1. The first-order valence-electron chi connectivity index (χ1n) is 5.01. The molecule has 2 N–H and O–H groups in total. The summed E-state index contributed by atoms with van der Waals surface area (Å²) >= 11 is 0. The Morgan fingerprint density at radius 3 is 3.18 bits per heavy atom. The molecule has 3 rings (SSSR count). The molecule has 1 aliphatic heterocycles. The number of aromatic nitrogens is 1. The van der Waals surface area contributed by atoms with Gasteiger partial charge in [0.2, 0.25) is 0 Å². The smallest absolute Gasteiger partial charge is 0.337 e. The SMILES string of the molecule is O=C(O)c1cc2c(c3cccnc13)ONC=C2. The van der Waals surface area contributed by atoms with Crippen molar-refractivity contribution in [1.82, 2.24) is 10.5 Å². The van der Waals surface area contributed by atoms with Crippen molar-refractivity contribution < 1.29 is 14.7 Å². The molecule has 0 bridgehead atoms. The molecular formula is C12H8N2O3. The summed E-state index contributed by atoms with van der Waals surface area (Å²) in [6.07, 6.45) is 4.93. The van der Waals surface area contributed by atoms with Crippen LogP contribution in [0.15, 0.2) is 30.6 Å². The van der Waals surface area contributed by atoms with Gasteiger partial charge >= 0.3 is 5.97 Å². The van der Waals surface area contributed by atoms with Crippen molar-refractivity contribution in [2.24, 2.45) is 0 Å². The van der Waals surface area contributed by atoms with Crippen LogP contribution in [-0.4, -0.2) is 16.1 Å². The third-order valence-corrected chi connectivity index (χ3v) is 2.59. The molecular weight excluding hydrogens is 220 g/mol. The molecule has 5 nitrogen and oxygen atoms in total. The summed E-state index contributed by atoms with van der Waals surface area (Å²) in [7, 11) is 0. The minimum atomic E-state index is -0.997. The van der Waals surface area contributed by atoms with Crippen LogP contribution in [0.2, 0.25) is 0 Å². The van der Waals surface area contributed by atoms with Gasteiger partial charge in [-0.05, 0) is 24.3 Å². The Hall–Kier alpha value is -2.56. The van der Waals surface area contributed by atoms with Crippen molar-refractivity contribution in [2.75, 3.05) is 0 Å². The van der Waals surface area contributed by atoms with Gasteiger partial charge in [-0.2, -0.15) is 0 Å². The lowest BCUT2D eigenvalue weighted by molar-refractivity contribution is 0.0698. The molecule has 0 amide bonds. The van der Waals surface area contributed by atoms with Gasteiger partial charge < -0.3 is 9.94 Å². The van der Waals surface area contributed by atoms with Crippen molar-refractivity contribution >= 4 is 22.9 Å². The van der Waals surface area contributed by atoms with Gasteiger partial charge in [0.25, 0.3) is 0 Å². The third kappa shape index (κ3) is 1.40. The van der Waals surface area contributed by atoms with Gasteiger partial charge in [0.15, 0.2) is 5.75 Å². The molecule has 2 heterocycles. The number of hydroxylamine groups is 1. The lowest BCUT2D eigenvalue weighted by Crippen LogP contribution is -2.15. The fourth-order valence-corrected chi connectivity index (χ4v) is 1.87. The van der Waals surface area contributed by atoms with Gasteiger partial charge in [-0.25, -0.2) is 10.3 Å². The van der Waals surface area contributed by atoms with Crippen LogP contribution in [0.25, 0.3) is 17.0 Å². The average Bonchev–Trinajstić information content (AvgIpc) is 2.37. The maximum Gasteiger partial charge on any atom is 0.337 e. The van der Waals surface area contributed by atoms with Crippen LogP contribution in [0.5, 0.6) is 5.75 Å². The molecule has 5 heteroatoms. The van der Waals surface area contributed by atoms with Gasteiger partial charge in [-0.1, -0.05) is 0 Å². The molecule has 0 aliphatic carbocycles. The molecule has 0 saturated heterocycles. The molecule has 0 saturated carbocycles. The van der Waals surface area contributed by atoms with Gasteiger partial charge in [0.05, 0.1) is 11.1 Å². The molecule has 0 radical (unpaired) electrons. The topological polar surface area (TPSA) is 71.5 Å². The van der Waals surface area contributed by atoms with Crippen LogP contribution in [-0.2, 0) is 0 Å². The second-order valence-corrected chi connectivity index (χ2v) is 3.60. The molecule has 1 aromatic heterocycles. The largest absolute Gasteiger partial charge is 0.478 e. The van der Waals surface area contributed by atoms with Gasteiger partial charge in [-0.15, -0.1) is 0 Å². The van der Waals surface area contributed by atoms with Crippen LogP contribution >= 0.6 is 0 Å². The minimum Gasteiger partial charge on any atom is -0.478 e. The number of carboxylic acids is 1. The Labute approximate surface area is 96.3 Å². The minimum absolute atomic E-state index is 0.175. The predicted molar refractivity (Wildman–Crippen MR) is 61.5 cm³/mol. The average molecular weight is 228 g/mol. The maximum absolute atomic E-state index is 11.2. The first-order valence-corrected chi connectivity index (χ1v) is 5.01. The second-order valence-electron chi connectivity index (χ2n) is 3.60. The van der Waals surface area contributed by atoms with E-state index in [9.17, 15) is 4.79 Å². The van der Waals surface area contributed by atoms with Crippen molar-refractivity contribution in [1.29, 1.82) is 0 Å². The molecule has 2 aromatic rings. The maximum atomic E-state index is 11.2. The zero-order valence-corrected chi connectivity index (χ0v) is 8.68. The normalized spacial score (nSPS) is 12.7. The summed E-state index contributed by atoms with van der Waals surface area (Å²) in [4.78, 5) is 20.6. The number of benzene rings is 1. The Morgan fingerprint density at radius 2 is 2.35 bits per heavy atom. The number of carbonyl (C=O) groups is 1. The monoisotopic (exact) mass is 228 g/mol. The molecule has 0 fully saturated rings. The van der Waals surface area contributed by atoms with E-state index in [0.717, 1.165) is 5.56 Å². The van der Waals surface area contributed by atoms with E-state index in [1.807, 2.05) is 0 Å². The second kappa shape index (κ2) is 3.48. The fourth-order valence-electron chi connectivity index (χ4n) is 1.87. The van der Waals surface area contributed by atoms with E-state index in [4.69, 9.17) is 9.94 Å². The Morgan fingerprint density at radius 1 is 1.47 bits per heavy atom. The molecule has 1 aromatic carbocycles. The van der Waals surface area contributed by atoms with Gasteiger partial charge in [-0.3, -0.25) is 4.98 Å². The fraction of sp³-hybridized carbons (Fsp3) is 0. The summed E-state index contributed by atoms with van der Waals surface area (Å²) < 4.78 is 0. The summed E-state index contributed by atoms with van der Waals surface area (Å²) in [6.45, 7) is 0. The highest BCUT2D eigenvalue weighted by Gasteiger charge is 2.18. The Balaban J connectivity index is 2.44. The number of fused-ring (bicyclic) bond motifs is 3. The third-order valence-electron chi connectivity index (χ3n) is 2.59. The van der Waals surface area contributed by atoms with Crippen LogP contribution in [0.4, 0.5) is 0 Å². The number of aromatic carboxylic acids is 1. The number of hydrogen-bond donors (Lipinski definition) is 2. The molecule has 0 unspecified atom stereocenters. The van der Waals surface area contributed by atoms with Gasteiger partial charge in [0, 0.05) is 23.3 Å². The van der Waals surface area contributed by atoms with Crippen molar-refractivity contribution in [3.05, 3.63) is 41.7 Å². The number of hydrogen-bond acceptors (Lipinski definition) is 4. The van der Waals surface area contributed by atoms with E-state index >= 15 is 0 Å². The number of carboxylic acid groups (broad SMARTS) is 1. The van der Waals surface area contributed by atoms with E-state index < -0.39 is 5.97 Å². The molecule has 1 aliphatic rings. The Kier molecular flexibility index (Phi) is 1.98. The van der Waals surface area contributed by atoms with Crippen molar-refractivity contribution in [3.8, 4) is 5.75 Å². The van der Waals surface area contributed by atoms with Crippen LogP contribution < -0.4 is 10.3 Å². The molecule has 84 valence electrons. The van der Waals surface area contributed by atoms with Crippen molar-refractivity contribution in [3.63, 3.8) is 0 Å². The summed E-state index contributed by atoms with van der Waals surface area (Å²) in [5.74, 6) is -0.399. The molecule has 0 atom stereocenters. The van der Waals surface area contributed by atoms with Crippen molar-refractivity contribution in [2.45, 2.75) is 0 Å². The number of nitrogens with zero attached hydrogens (tertiary/aromatic N) is 1. The van der Waals surface area contributed by atoms with Crippen LogP contribution in [0.1, 0.15) is 15.9 Å². The zero-order valence-electron chi connectivity index (χ0n) is 8.68. The lowest BCUT2D eigenvalue weighted by atomic mass is 10.0. The summed E-state index contributed by atoms with van der Waals surface area (Å²) in [5.41, 5.74) is 3.95. The molecule has 17 heavy (non-hydrogen) atoms.